The van der Waals surface area contributed by atoms with E-state index in [1.165, 1.54) is 0 Å². The molecule has 1 unspecified atom stereocenters. The van der Waals surface area contributed by atoms with Gasteiger partial charge in [-0.3, -0.25) is 4.79 Å². The maximum Gasteiger partial charge on any atom is 0.227 e. The molecule has 1 atom stereocenters. The summed E-state index contributed by atoms with van der Waals surface area (Å²) in [5.74, 6) is 0.882. The fourth-order valence-corrected chi connectivity index (χ4v) is 2.87. The standard InChI is InChI=1S/C17H26N2O3.ClH/c1-13(10-14-4-3-5-15(11-14)21-2)19-16(20)17(12-18)6-8-22-9-7-17;/h3-5,11,13H,6-10,12,18H2,1-2H3,(H,19,20);1H. The Morgan fingerprint density at radius 1 is 1.43 bits per heavy atom. The Labute approximate surface area is 144 Å². The van der Waals surface area contributed by atoms with E-state index in [0.29, 0.717) is 32.6 Å². The molecule has 0 bridgehead atoms. The molecule has 1 heterocycles. The summed E-state index contributed by atoms with van der Waals surface area (Å²) >= 11 is 0. The summed E-state index contributed by atoms with van der Waals surface area (Å²) in [5.41, 5.74) is 6.54. The van der Waals surface area contributed by atoms with Crippen molar-refractivity contribution >= 4 is 18.3 Å². The van der Waals surface area contributed by atoms with E-state index in [4.69, 9.17) is 15.2 Å². The average Bonchev–Trinajstić information content (AvgIpc) is 2.55. The highest BCUT2D eigenvalue weighted by Gasteiger charge is 2.39. The van der Waals surface area contributed by atoms with Crippen LogP contribution >= 0.6 is 12.4 Å². The Balaban J connectivity index is 0.00000264. The Kier molecular flexibility index (Phi) is 7.82. The van der Waals surface area contributed by atoms with Crippen molar-refractivity contribution in [3.05, 3.63) is 29.8 Å². The summed E-state index contributed by atoms with van der Waals surface area (Å²) in [6.07, 6.45) is 2.16. The van der Waals surface area contributed by atoms with Gasteiger partial charge in [0.2, 0.25) is 5.91 Å². The lowest BCUT2D eigenvalue weighted by Crippen LogP contribution is -2.51. The first-order valence-electron chi connectivity index (χ1n) is 7.81. The first-order chi connectivity index (χ1) is 10.6. The number of rotatable bonds is 6. The predicted octanol–water partition coefficient (Wildman–Crippen LogP) is 1.92. The van der Waals surface area contributed by atoms with Crippen LogP contribution in [0.4, 0.5) is 0 Å². The molecule has 0 spiro atoms. The van der Waals surface area contributed by atoms with Crippen molar-refractivity contribution in [3.8, 4) is 5.75 Å². The molecule has 1 aromatic rings. The van der Waals surface area contributed by atoms with Crippen LogP contribution in [-0.4, -0.2) is 38.8 Å². The molecule has 6 heteroatoms. The zero-order chi connectivity index (χ0) is 16.0. The first kappa shape index (κ1) is 19.7. The van der Waals surface area contributed by atoms with Crippen LogP contribution in [0.2, 0.25) is 0 Å². The highest BCUT2D eigenvalue weighted by Crippen LogP contribution is 2.29. The normalized spacial score (nSPS) is 17.7. The molecule has 5 nitrogen and oxygen atoms in total. The molecule has 3 N–H and O–H groups in total. The number of nitrogens with two attached hydrogens (primary N) is 1. The highest BCUT2D eigenvalue weighted by atomic mass is 35.5. The van der Waals surface area contributed by atoms with Crippen LogP contribution in [0.3, 0.4) is 0 Å². The van der Waals surface area contributed by atoms with E-state index in [-0.39, 0.29) is 24.4 Å². The molecular formula is C17H27ClN2O3. The van der Waals surface area contributed by atoms with E-state index in [1.54, 1.807) is 7.11 Å². The molecule has 2 rings (SSSR count). The molecule has 130 valence electrons. The van der Waals surface area contributed by atoms with E-state index >= 15 is 0 Å². The smallest absolute Gasteiger partial charge is 0.227 e. The number of benzene rings is 1. The van der Waals surface area contributed by atoms with E-state index < -0.39 is 5.41 Å². The van der Waals surface area contributed by atoms with Crippen molar-refractivity contribution in [2.45, 2.75) is 32.2 Å². The van der Waals surface area contributed by atoms with Crippen LogP contribution in [0.1, 0.15) is 25.3 Å². The van der Waals surface area contributed by atoms with Crippen molar-refractivity contribution in [2.24, 2.45) is 11.1 Å². The summed E-state index contributed by atoms with van der Waals surface area (Å²) in [7, 11) is 1.65. The second-order valence-electron chi connectivity index (χ2n) is 6.03. The van der Waals surface area contributed by atoms with Crippen molar-refractivity contribution in [1.82, 2.24) is 5.32 Å². The third-order valence-corrected chi connectivity index (χ3v) is 4.38. The number of ether oxygens (including phenoxy) is 2. The number of methoxy groups -OCH3 is 1. The monoisotopic (exact) mass is 342 g/mol. The summed E-state index contributed by atoms with van der Waals surface area (Å²) in [6, 6.07) is 7.96. The lowest BCUT2D eigenvalue weighted by atomic mass is 9.79. The van der Waals surface area contributed by atoms with Crippen molar-refractivity contribution in [1.29, 1.82) is 0 Å². The van der Waals surface area contributed by atoms with Crippen LogP contribution in [0, 0.1) is 5.41 Å². The first-order valence-corrected chi connectivity index (χ1v) is 7.81. The van der Waals surface area contributed by atoms with Gasteiger partial charge in [0.1, 0.15) is 5.75 Å². The maximum atomic E-state index is 12.6. The predicted molar refractivity (Wildman–Crippen MR) is 93.1 cm³/mol. The van der Waals surface area contributed by atoms with Gasteiger partial charge in [-0.1, -0.05) is 12.1 Å². The van der Waals surface area contributed by atoms with E-state index in [9.17, 15) is 4.79 Å². The largest absolute Gasteiger partial charge is 0.497 e. The van der Waals surface area contributed by atoms with Crippen LogP contribution < -0.4 is 15.8 Å². The zero-order valence-corrected chi connectivity index (χ0v) is 14.7. The van der Waals surface area contributed by atoms with Crippen LogP contribution in [0.15, 0.2) is 24.3 Å². The molecule has 1 saturated heterocycles. The minimum absolute atomic E-state index is 0. The molecule has 1 aromatic carbocycles. The van der Waals surface area contributed by atoms with Gasteiger partial charge in [-0.2, -0.15) is 0 Å². The van der Waals surface area contributed by atoms with Crippen molar-refractivity contribution in [3.63, 3.8) is 0 Å². The second kappa shape index (κ2) is 9.11. The van der Waals surface area contributed by atoms with Gasteiger partial charge in [-0.05, 0) is 43.9 Å². The Hall–Kier alpha value is -1.30. The minimum Gasteiger partial charge on any atom is -0.497 e. The number of carbonyl (C=O) groups is 1. The van der Waals surface area contributed by atoms with Crippen molar-refractivity contribution in [2.75, 3.05) is 26.9 Å². The molecule has 0 aromatic heterocycles. The number of hydrogen-bond donors (Lipinski definition) is 2. The quantitative estimate of drug-likeness (QED) is 0.828. The van der Waals surface area contributed by atoms with Gasteiger partial charge in [0.05, 0.1) is 12.5 Å². The molecule has 23 heavy (non-hydrogen) atoms. The van der Waals surface area contributed by atoms with E-state index in [0.717, 1.165) is 17.7 Å². The van der Waals surface area contributed by atoms with Crippen LogP contribution in [-0.2, 0) is 16.0 Å². The molecule has 1 amide bonds. The topological polar surface area (TPSA) is 73.6 Å². The third-order valence-electron chi connectivity index (χ3n) is 4.38. The number of nitrogens with one attached hydrogen (secondary N) is 1. The van der Waals surface area contributed by atoms with Crippen LogP contribution in [0.5, 0.6) is 5.75 Å². The number of halogens is 1. The summed E-state index contributed by atoms with van der Waals surface area (Å²) < 4.78 is 10.6. The minimum atomic E-state index is -0.471. The third kappa shape index (κ3) is 5.09. The Bertz CT molecular complexity index is 504. The molecular weight excluding hydrogens is 316 g/mol. The summed E-state index contributed by atoms with van der Waals surface area (Å²) in [4.78, 5) is 12.6. The van der Waals surface area contributed by atoms with Gasteiger partial charge >= 0.3 is 0 Å². The average molecular weight is 343 g/mol. The number of carbonyl (C=O) groups excluding carboxylic acids is 1. The fraction of sp³-hybridized carbons (Fsp3) is 0.588. The van der Waals surface area contributed by atoms with Gasteiger partial charge in [0.15, 0.2) is 0 Å². The molecule has 1 aliphatic rings. The van der Waals surface area contributed by atoms with Gasteiger partial charge in [-0.15, -0.1) is 12.4 Å². The highest BCUT2D eigenvalue weighted by molar-refractivity contribution is 5.85. The molecule has 0 saturated carbocycles. The van der Waals surface area contributed by atoms with Crippen molar-refractivity contribution < 1.29 is 14.3 Å². The molecule has 1 fully saturated rings. The fourth-order valence-electron chi connectivity index (χ4n) is 2.87. The molecule has 1 aliphatic heterocycles. The Morgan fingerprint density at radius 2 is 2.13 bits per heavy atom. The number of hydrogen-bond acceptors (Lipinski definition) is 4. The summed E-state index contributed by atoms with van der Waals surface area (Å²) in [5, 5.41) is 3.11. The van der Waals surface area contributed by atoms with Crippen LogP contribution in [0.25, 0.3) is 0 Å². The van der Waals surface area contributed by atoms with E-state index in [1.807, 2.05) is 31.2 Å². The second-order valence-corrected chi connectivity index (χ2v) is 6.03. The van der Waals surface area contributed by atoms with Gasteiger partial charge in [0.25, 0.3) is 0 Å². The zero-order valence-electron chi connectivity index (χ0n) is 13.8. The molecule has 0 aliphatic carbocycles. The molecule has 0 radical (unpaired) electrons. The van der Waals surface area contributed by atoms with Gasteiger partial charge in [-0.25, -0.2) is 0 Å². The SMILES string of the molecule is COc1cccc(CC(C)NC(=O)C2(CN)CCOCC2)c1.Cl. The maximum absolute atomic E-state index is 12.6. The summed E-state index contributed by atoms with van der Waals surface area (Å²) in [6.45, 7) is 3.60. The number of amides is 1. The van der Waals surface area contributed by atoms with E-state index in [2.05, 4.69) is 5.32 Å². The lowest BCUT2D eigenvalue weighted by molar-refractivity contribution is -0.136. The van der Waals surface area contributed by atoms with Gasteiger partial charge in [0, 0.05) is 25.8 Å². The lowest BCUT2D eigenvalue weighted by Gasteiger charge is -2.35. The Morgan fingerprint density at radius 3 is 2.74 bits per heavy atom. The van der Waals surface area contributed by atoms with Gasteiger partial charge < -0.3 is 20.5 Å².